The molecule has 0 saturated carbocycles. The van der Waals surface area contributed by atoms with Crippen LogP contribution in [-0.4, -0.2) is 32.4 Å². The molecule has 1 N–H and O–H groups in total. The number of anilines is 1. The second kappa shape index (κ2) is 8.42. The van der Waals surface area contributed by atoms with Gasteiger partial charge in [0, 0.05) is 0 Å². The minimum atomic E-state index is -0.293. The molecule has 0 fully saturated rings. The van der Waals surface area contributed by atoms with Crippen molar-refractivity contribution < 1.29 is 9.53 Å². The van der Waals surface area contributed by atoms with Crippen LogP contribution in [0.2, 0.25) is 0 Å². The lowest BCUT2D eigenvalue weighted by Crippen LogP contribution is -2.25. The lowest BCUT2D eigenvalue weighted by atomic mass is 10.2. The molecule has 0 bridgehead atoms. The molecule has 0 spiro atoms. The van der Waals surface area contributed by atoms with Crippen LogP contribution in [0.15, 0.2) is 46.8 Å². The third-order valence-electron chi connectivity index (χ3n) is 4.61. The molecule has 1 amide bonds. The molecule has 6 nitrogen and oxygen atoms in total. The molecule has 0 saturated heterocycles. The van der Waals surface area contributed by atoms with Crippen molar-refractivity contribution in [2.45, 2.75) is 37.5 Å². The Balaban J connectivity index is 1.61. The lowest BCUT2D eigenvalue weighted by Gasteiger charge is -2.16. The van der Waals surface area contributed by atoms with Gasteiger partial charge in [0.05, 0.1) is 33.3 Å². The number of rotatable bonds is 7. The Hall–Kier alpha value is -2.58. The zero-order chi connectivity index (χ0) is 20.4. The molecule has 1 unspecified atom stereocenters. The number of aromatic nitrogens is 3. The van der Waals surface area contributed by atoms with Crippen molar-refractivity contribution in [3.8, 4) is 5.75 Å². The summed E-state index contributed by atoms with van der Waals surface area (Å²) in [6.07, 6.45) is 0.671. The SMILES string of the molecule is CCOc1ccccc1NC(=O)C(CC)Sc1nnc(C)n2c1cc1sccc12. The van der Waals surface area contributed by atoms with E-state index in [9.17, 15) is 4.79 Å². The first-order valence-corrected chi connectivity index (χ1v) is 11.3. The molecular weight excluding hydrogens is 404 g/mol. The van der Waals surface area contributed by atoms with Gasteiger partial charge < -0.3 is 10.1 Å². The van der Waals surface area contributed by atoms with Crippen molar-refractivity contribution in [3.63, 3.8) is 0 Å². The van der Waals surface area contributed by atoms with Gasteiger partial charge in [-0.05, 0) is 49.9 Å². The number of para-hydroxylation sites is 2. The summed E-state index contributed by atoms with van der Waals surface area (Å²) in [6, 6.07) is 11.7. The van der Waals surface area contributed by atoms with Gasteiger partial charge in [-0.25, -0.2) is 0 Å². The van der Waals surface area contributed by atoms with E-state index in [-0.39, 0.29) is 11.2 Å². The van der Waals surface area contributed by atoms with Gasteiger partial charge in [0.15, 0.2) is 0 Å². The van der Waals surface area contributed by atoms with Crippen LogP contribution in [0.3, 0.4) is 0 Å². The zero-order valence-electron chi connectivity index (χ0n) is 16.5. The predicted octanol–water partition coefficient (Wildman–Crippen LogP) is 5.16. The molecule has 1 atom stereocenters. The number of carbonyl (C=O) groups is 1. The predicted molar refractivity (Wildman–Crippen MR) is 119 cm³/mol. The minimum Gasteiger partial charge on any atom is -0.492 e. The smallest absolute Gasteiger partial charge is 0.238 e. The van der Waals surface area contributed by atoms with Crippen molar-refractivity contribution in [2.75, 3.05) is 11.9 Å². The Bertz CT molecular complexity index is 1170. The number of carbonyl (C=O) groups excluding carboxylic acids is 1. The normalized spacial score (nSPS) is 12.4. The van der Waals surface area contributed by atoms with E-state index in [4.69, 9.17) is 4.74 Å². The van der Waals surface area contributed by atoms with Crippen molar-refractivity contribution in [3.05, 3.63) is 47.6 Å². The van der Waals surface area contributed by atoms with Crippen molar-refractivity contribution in [1.82, 2.24) is 14.6 Å². The fourth-order valence-corrected chi connectivity index (χ4v) is 5.01. The highest BCUT2D eigenvalue weighted by molar-refractivity contribution is 8.00. The van der Waals surface area contributed by atoms with Gasteiger partial charge in [0.25, 0.3) is 0 Å². The van der Waals surface area contributed by atoms with Gasteiger partial charge in [-0.15, -0.1) is 21.5 Å². The van der Waals surface area contributed by atoms with Gasteiger partial charge in [0.1, 0.15) is 16.6 Å². The summed E-state index contributed by atoms with van der Waals surface area (Å²) in [4.78, 5) is 13.0. The molecular formula is C21H22N4O2S2. The topological polar surface area (TPSA) is 68.5 Å². The van der Waals surface area contributed by atoms with E-state index in [1.807, 2.05) is 45.0 Å². The standard InChI is InChI=1S/C21H22N4O2S2/c1-4-18(20(26)22-14-8-6-7-9-17(14)27-5-2)29-21-16-12-19-15(10-11-28-19)25(16)13(3)23-24-21/h6-12,18H,4-5H2,1-3H3,(H,22,26). The van der Waals surface area contributed by atoms with Crippen LogP contribution < -0.4 is 10.1 Å². The number of hydrogen-bond donors (Lipinski definition) is 1. The first-order valence-electron chi connectivity index (χ1n) is 9.53. The number of ether oxygens (including phenoxy) is 1. The summed E-state index contributed by atoms with van der Waals surface area (Å²) in [7, 11) is 0. The fraction of sp³-hybridized carbons (Fsp3) is 0.286. The summed E-state index contributed by atoms with van der Waals surface area (Å²) in [5.74, 6) is 1.44. The van der Waals surface area contributed by atoms with Gasteiger partial charge in [0.2, 0.25) is 5.91 Å². The van der Waals surface area contributed by atoms with E-state index < -0.39 is 0 Å². The quantitative estimate of drug-likeness (QED) is 0.413. The fourth-order valence-electron chi connectivity index (χ4n) is 3.25. The molecule has 29 heavy (non-hydrogen) atoms. The molecule has 150 valence electrons. The van der Waals surface area contributed by atoms with E-state index >= 15 is 0 Å². The van der Waals surface area contributed by atoms with E-state index in [0.717, 1.165) is 21.9 Å². The molecule has 8 heteroatoms. The lowest BCUT2D eigenvalue weighted by molar-refractivity contribution is -0.115. The molecule has 0 radical (unpaired) electrons. The number of thiophene rings is 1. The molecule has 3 heterocycles. The highest BCUT2D eigenvalue weighted by Crippen LogP contribution is 2.34. The van der Waals surface area contributed by atoms with Gasteiger partial charge in [-0.2, -0.15) is 0 Å². The number of aryl methyl sites for hydroxylation is 1. The highest BCUT2D eigenvalue weighted by Gasteiger charge is 2.23. The second-order valence-electron chi connectivity index (χ2n) is 6.52. The summed E-state index contributed by atoms with van der Waals surface area (Å²) in [5.41, 5.74) is 2.80. The molecule has 0 aliphatic carbocycles. The number of thioether (sulfide) groups is 1. The summed E-state index contributed by atoms with van der Waals surface area (Å²) in [5, 5.41) is 14.3. The molecule has 3 aromatic heterocycles. The third-order valence-corrected chi connectivity index (χ3v) is 6.81. The maximum atomic E-state index is 13.0. The maximum absolute atomic E-state index is 13.0. The van der Waals surface area contributed by atoms with Crippen LogP contribution in [-0.2, 0) is 4.79 Å². The van der Waals surface area contributed by atoms with Crippen LogP contribution in [0, 0.1) is 6.92 Å². The van der Waals surface area contributed by atoms with Gasteiger partial charge in [-0.1, -0.05) is 30.8 Å². The average Bonchev–Trinajstić information content (AvgIpc) is 3.31. The van der Waals surface area contributed by atoms with Gasteiger partial charge >= 0.3 is 0 Å². The van der Waals surface area contributed by atoms with Crippen LogP contribution in [0.4, 0.5) is 5.69 Å². The second-order valence-corrected chi connectivity index (χ2v) is 8.66. The van der Waals surface area contributed by atoms with E-state index in [2.05, 4.69) is 37.4 Å². The third kappa shape index (κ3) is 3.82. The Kier molecular flexibility index (Phi) is 5.73. The van der Waals surface area contributed by atoms with E-state index in [1.165, 1.54) is 16.5 Å². The van der Waals surface area contributed by atoms with Crippen LogP contribution in [0.25, 0.3) is 15.7 Å². The summed E-state index contributed by atoms with van der Waals surface area (Å²) < 4.78 is 8.91. The van der Waals surface area contributed by atoms with Crippen LogP contribution >= 0.6 is 23.1 Å². The summed E-state index contributed by atoms with van der Waals surface area (Å²) >= 11 is 3.14. The monoisotopic (exact) mass is 426 g/mol. The first kappa shape index (κ1) is 19.7. The molecule has 4 aromatic rings. The largest absolute Gasteiger partial charge is 0.492 e. The number of amides is 1. The van der Waals surface area contributed by atoms with Gasteiger partial charge in [-0.3, -0.25) is 9.20 Å². The van der Waals surface area contributed by atoms with Crippen molar-refractivity contribution >= 4 is 50.4 Å². The highest BCUT2D eigenvalue weighted by atomic mass is 32.2. The van der Waals surface area contributed by atoms with Crippen molar-refractivity contribution in [1.29, 1.82) is 0 Å². The first-order chi connectivity index (χ1) is 14.1. The number of benzene rings is 1. The van der Waals surface area contributed by atoms with Crippen LogP contribution in [0.5, 0.6) is 5.75 Å². The Morgan fingerprint density at radius 3 is 2.86 bits per heavy atom. The van der Waals surface area contributed by atoms with E-state index in [1.54, 1.807) is 11.3 Å². The number of nitrogens with zero attached hydrogens (tertiary/aromatic N) is 3. The minimum absolute atomic E-state index is 0.0708. The van der Waals surface area contributed by atoms with Crippen LogP contribution in [0.1, 0.15) is 26.1 Å². The molecule has 4 rings (SSSR count). The molecule has 1 aromatic carbocycles. The Morgan fingerprint density at radius 1 is 1.24 bits per heavy atom. The Morgan fingerprint density at radius 2 is 2.07 bits per heavy atom. The zero-order valence-corrected chi connectivity index (χ0v) is 18.1. The average molecular weight is 427 g/mol. The maximum Gasteiger partial charge on any atom is 0.238 e. The van der Waals surface area contributed by atoms with Crippen molar-refractivity contribution in [2.24, 2.45) is 0 Å². The number of fused-ring (bicyclic) bond motifs is 3. The Labute approximate surface area is 177 Å². The summed E-state index contributed by atoms with van der Waals surface area (Å²) in [6.45, 7) is 6.41. The number of hydrogen-bond acceptors (Lipinski definition) is 6. The number of nitrogens with one attached hydrogen (secondary N) is 1. The molecule has 0 aliphatic heterocycles. The molecule has 0 aliphatic rings. The van der Waals surface area contributed by atoms with E-state index in [0.29, 0.717) is 24.5 Å².